The molecule has 0 heterocycles. The highest BCUT2D eigenvalue weighted by Gasteiger charge is 2.35. The number of nitrogens with zero attached hydrogens (tertiary/aromatic N) is 1. The summed E-state index contributed by atoms with van der Waals surface area (Å²) in [4.78, 5) is 2.45. The van der Waals surface area contributed by atoms with Gasteiger partial charge in [0.2, 0.25) is 0 Å². The molecule has 18 heavy (non-hydrogen) atoms. The van der Waals surface area contributed by atoms with Gasteiger partial charge in [0, 0.05) is 31.2 Å². The van der Waals surface area contributed by atoms with Crippen molar-refractivity contribution in [2.45, 2.75) is 63.8 Å². The maximum Gasteiger partial charge on any atom is 0.0558 e. The van der Waals surface area contributed by atoms with Crippen LogP contribution in [-0.4, -0.2) is 47.5 Å². The first-order valence-electron chi connectivity index (χ1n) is 7.75. The minimum Gasteiger partial charge on any atom is -0.396 e. The number of hydrogen-bond acceptors (Lipinski definition) is 3. The van der Waals surface area contributed by atoms with Gasteiger partial charge in [-0.15, -0.1) is 0 Å². The highest BCUT2D eigenvalue weighted by Crippen LogP contribution is 2.37. The predicted octanol–water partition coefficient (Wildman–Crippen LogP) is 2.17. The van der Waals surface area contributed by atoms with Gasteiger partial charge in [0.25, 0.3) is 0 Å². The molecular weight excluding hydrogens is 226 g/mol. The SMILES string of the molecule is OCCN(CC1(CO)CCCCCC1)C1CCC1. The molecule has 0 spiro atoms. The molecule has 0 bridgehead atoms. The van der Waals surface area contributed by atoms with Crippen molar-refractivity contribution in [3.05, 3.63) is 0 Å². The lowest BCUT2D eigenvalue weighted by Crippen LogP contribution is -2.48. The summed E-state index contributed by atoms with van der Waals surface area (Å²) in [6, 6.07) is 0.670. The predicted molar refractivity (Wildman–Crippen MR) is 73.5 cm³/mol. The first-order chi connectivity index (χ1) is 8.79. The van der Waals surface area contributed by atoms with Crippen LogP contribution in [0.3, 0.4) is 0 Å². The molecule has 2 aliphatic rings. The molecule has 2 rings (SSSR count). The van der Waals surface area contributed by atoms with E-state index in [2.05, 4.69) is 4.90 Å². The quantitative estimate of drug-likeness (QED) is 0.715. The van der Waals surface area contributed by atoms with Crippen molar-refractivity contribution in [1.29, 1.82) is 0 Å². The molecule has 2 saturated carbocycles. The van der Waals surface area contributed by atoms with Gasteiger partial charge in [0.15, 0.2) is 0 Å². The molecule has 0 radical (unpaired) electrons. The molecule has 0 aromatic heterocycles. The van der Waals surface area contributed by atoms with E-state index in [1.807, 2.05) is 0 Å². The molecule has 2 aliphatic carbocycles. The Morgan fingerprint density at radius 1 is 0.944 bits per heavy atom. The molecule has 0 aromatic rings. The maximum atomic E-state index is 9.87. The highest BCUT2D eigenvalue weighted by atomic mass is 16.3. The molecule has 106 valence electrons. The second-order valence-corrected chi connectivity index (χ2v) is 6.35. The van der Waals surface area contributed by atoms with E-state index in [1.165, 1.54) is 44.9 Å². The van der Waals surface area contributed by atoms with Gasteiger partial charge >= 0.3 is 0 Å². The third-order valence-electron chi connectivity index (χ3n) is 5.02. The zero-order valence-corrected chi connectivity index (χ0v) is 11.6. The van der Waals surface area contributed by atoms with Crippen molar-refractivity contribution in [3.63, 3.8) is 0 Å². The van der Waals surface area contributed by atoms with Gasteiger partial charge in [-0.05, 0) is 25.7 Å². The molecule has 0 saturated heterocycles. The van der Waals surface area contributed by atoms with Gasteiger partial charge in [-0.2, -0.15) is 0 Å². The Bertz CT molecular complexity index is 233. The highest BCUT2D eigenvalue weighted by molar-refractivity contribution is 4.89. The summed E-state index contributed by atoms with van der Waals surface area (Å²) in [7, 11) is 0. The van der Waals surface area contributed by atoms with E-state index in [0.717, 1.165) is 25.9 Å². The summed E-state index contributed by atoms with van der Waals surface area (Å²) in [6.45, 7) is 2.35. The van der Waals surface area contributed by atoms with Crippen molar-refractivity contribution < 1.29 is 10.2 Å². The Balaban J connectivity index is 1.96. The second kappa shape index (κ2) is 6.88. The third-order valence-corrected chi connectivity index (χ3v) is 5.02. The van der Waals surface area contributed by atoms with Crippen molar-refractivity contribution in [2.24, 2.45) is 5.41 Å². The number of hydrogen-bond donors (Lipinski definition) is 2. The average molecular weight is 255 g/mol. The molecule has 0 atom stereocenters. The summed E-state index contributed by atoms with van der Waals surface area (Å²) in [5.74, 6) is 0. The van der Waals surface area contributed by atoms with Gasteiger partial charge in [-0.3, -0.25) is 4.90 Å². The minimum absolute atomic E-state index is 0.112. The summed E-state index contributed by atoms with van der Waals surface area (Å²) in [5.41, 5.74) is 0.112. The monoisotopic (exact) mass is 255 g/mol. The molecule has 2 fully saturated rings. The second-order valence-electron chi connectivity index (χ2n) is 6.35. The van der Waals surface area contributed by atoms with Crippen LogP contribution >= 0.6 is 0 Å². The lowest BCUT2D eigenvalue weighted by molar-refractivity contribution is 0.0144. The van der Waals surface area contributed by atoms with Gasteiger partial charge in [-0.1, -0.05) is 32.1 Å². The average Bonchev–Trinajstić information content (AvgIpc) is 2.53. The van der Waals surface area contributed by atoms with E-state index in [0.29, 0.717) is 12.6 Å². The molecular formula is C15H29NO2. The number of aliphatic hydroxyl groups excluding tert-OH is 2. The molecule has 3 nitrogen and oxygen atoms in total. The number of aliphatic hydroxyl groups is 2. The minimum atomic E-state index is 0.112. The van der Waals surface area contributed by atoms with E-state index in [1.54, 1.807) is 0 Å². The van der Waals surface area contributed by atoms with E-state index < -0.39 is 0 Å². The van der Waals surface area contributed by atoms with Crippen LogP contribution in [0.2, 0.25) is 0 Å². The van der Waals surface area contributed by atoms with Crippen molar-refractivity contribution in [3.8, 4) is 0 Å². The summed E-state index contributed by atoms with van der Waals surface area (Å²) < 4.78 is 0. The van der Waals surface area contributed by atoms with Crippen LogP contribution in [0, 0.1) is 5.41 Å². The molecule has 0 aromatic carbocycles. The lowest BCUT2D eigenvalue weighted by Gasteiger charge is -2.43. The van der Waals surface area contributed by atoms with Crippen LogP contribution < -0.4 is 0 Å². The third kappa shape index (κ3) is 3.46. The Labute approximate surface area is 111 Å². The fraction of sp³-hybridized carbons (Fsp3) is 1.00. The van der Waals surface area contributed by atoms with Crippen LogP contribution in [-0.2, 0) is 0 Å². The molecule has 0 unspecified atom stereocenters. The van der Waals surface area contributed by atoms with Gasteiger partial charge < -0.3 is 10.2 Å². The van der Waals surface area contributed by atoms with Crippen LogP contribution in [0.4, 0.5) is 0 Å². The van der Waals surface area contributed by atoms with Gasteiger partial charge in [-0.25, -0.2) is 0 Å². The molecule has 0 aliphatic heterocycles. The first kappa shape index (κ1) is 14.3. The summed E-state index contributed by atoms with van der Waals surface area (Å²) in [6.07, 6.45) is 11.4. The van der Waals surface area contributed by atoms with Gasteiger partial charge in [0.1, 0.15) is 0 Å². The van der Waals surface area contributed by atoms with Crippen LogP contribution in [0.15, 0.2) is 0 Å². The van der Waals surface area contributed by atoms with Crippen molar-refractivity contribution in [1.82, 2.24) is 4.90 Å². The van der Waals surface area contributed by atoms with Crippen molar-refractivity contribution in [2.75, 3.05) is 26.3 Å². The maximum absolute atomic E-state index is 9.87. The smallest absolute Gasteiger partial charge is 0.0558 e. The Kier molecular flexibility index (Phi) is 5.46. The normalized spacial score (nSPS) is 24.8. The Morgan fingerprint density at radius 3 is 2.06 bits per heavy atom. The first-order valence-corrected chi connectivity index (χ1v) is 7.75. The summed E-state index contributed by atoms with van der Waals surface area (Å²) >= 11 is 0. The van der Waals surface area contributed by atoms with Crippen LogP contribution in [0.25, 0.3) is 0 Å². The largest absolute Gasteiger partial charge is 0.396 e. The summed E-state index contributed by atoms with van der Waals surface area (Å²) in [5, 5.41) is 19.1. The Morgan fingerprint density at radius 2 is 1.61 bits per heavy atom. The van der Waals surface area contributed by atoms with Gasteiger partial charge in [0.05, 0.1) is 6.61 Å². The lowest BCUT2D eigenvalue weighted by atomic mass is 9.79. The van der Waals surface area contributed by atoms with Crippen molar-refractivity contribution >= 4 is 0 Å². The zero-order valence-electron chi connectivity index (χ0n) is 11.6. The van der Waals surface area contributed by atoms with E-state index >= 15 is 0 Å². The standard InChI is InChI=1S/C15H29NO2/c17-11-10-16(14-6-5-7-14)12-15(13-18)8-3-1-2-4-9-15/h14,17-18H,1-13H2. The Hall–Kier alpha value is -0.120. The van der Waals surface area contributed by atoms with Crippen LogP contribution in [0.5, 0.6) is 0 Å². The number of rotatable bonds is 6. The molecule has 2 N–H and O–H groups in total. The molecule has 0 amide bonds. The topological polar surface area (TPSA) is 43.7 Å². The molecule has 3 heteroatoms. The van der Waals surface area contributed by atoms with Crippen LogP contribution in [0.1, 0.15) is 57.8 Å². The zero-order chi connectivity index (χ0) is 12.8. The van der Waals surface area contributed by atoms with E-state index in [4.69, 9.17) is 0 Å². The van der Waals surface area contributed by atoms with E-state index in [9.17, 15) is 10.2 Å². The fourth-order valence-corrected chi connectivity index (χ4v) is 3.55. The van der Waals surface area contributed by atoms with E-state index in [-0.39, 0.29) is 12.0 Å². The fourth-order valence-electron chi connectivity index (χ4n) is 3.55.